The summed E-state index contributed by atoms with van der Waals surface area (Å²) in [6.07, 6.45) is 3.92. The maximum absolute atomic E-state index is 12.8. The average molecular weight is 326 g/mol. The van der Waals surface area contributed by atoms with Crippen LogP contribution >= 0.6 is 11.3 Å². The number of aromatic nitrogens is 2. The van der Waals surface area contributed by atoms with Crippen LogP contribution in [0.4, 0.5) is 0 Å². The van der Waals surface area contributed by atoms with Crippen LogP contribution in [-0.4, -0.2) is 32.7 Å². The summed E-state index contributed by atoms with van der Waals surface area (Å²) in [5.41, 5.74) is 2.30. The molecule has 0 atom stereocenters. The molecule has 0 saturated heterocycles. The van der Waals surface area contributed by atoms with Crippen molar-refractivity contribution in [2.75, 3.05) is 6.54 Å². The molecule has 0 fully saturated rings. The van der Waals surface area contributed by atoms with Gasteiger partial charge in [0.25, 0.3) is 5.91 Å². The van der Waals surface area contributed by atoms with Gasteiger partial charge in [-0.1, -0.05) is 6.07 Å². The zero-order valence-corrected chi connectivity index (χ0v) is 12.9. The number of rotatable bonds is 2. The number of hydrogen-bond acceptors (Lipinski definition) is 5. The van der Waals surface area contributed by atoms with Crippen molar-refractivity contribution >= 4 is 28.9 Å². The highest BCUT2D eigenvalue weighted by atomic mass is 32.1. The third kappa shape index (κ3) is 2.20. The molecule has 7 heteroatoms. The summed E-state index contributed by atoms with van der Waals surface area (Å²) in [5.74, 6) is -1.25. The monoisotopic (exact) mass is 326 g/mol. The second-order valence-electron chi connectivity index (χ2n) is 5.39. The largest absolute Gasteiger partial charge is 0.545 e. The number of amides is 1. The molecule has 0 saturated carbocycles. The number of aromatic carboxylic acids is 1. The SMILES string of the molecule is O=C([O-])c1csc2c1CCN(C(=O)c1cnc3ccccn13)C2. The van der Waals surface area contributed by atoms with Crippen LogP contribution < -0.4 is 5.11 Å². The van der Waals surface area contributed by atoms with Crippen LogP contribution in [0, 0.1) is 0 Å². The van der Waals surface area contributed by atoms with Crippen LogP contribution in [-0.2, 0) is 13.0 Å². The molecule has 6 nitrogen and oxygen atoms in total. The summed E-state index contributed by atoms with van der Waals surface area (Å²) in [6, 6.07) is 5.57. The number of carbonyl (C=O) groups is 2. The Bertz CT molecular complexity index is 928. The Hall–Kier alpha value is -2.67. The van der Waals surface area contributed by atoms with Crippen LogP contribution in [0.5, 0.6) is 0 Å². The molecule has 0 N–H and O–H groups in total. The average Bonchev–Trinajstić information content (AvgIpc) is 3.17. The highest BCUT2D eigenvalue weighted by Gasteiger charge is 2.26. The summed E-state index contributed by atoms with van der Waals surface area (Å²) in [7, 11) is 0. The number of fused-ring (bicyclic) bond motifs is 2. The summed E-state index contributed by atoms with van der Waals surface area (Å²) < 4.78 is 1.76. The number of pyridine rings is 1. The Morgan fingerprint density at radius 3 is 3.00 bits per heavy atom. The molecule has 0 aromatic carbocycles. The summed E-state index contributed by atoms with van der Waals surface area (Å²) >= 11 is 1.37. The van der Waals surface area contributed by atoms with Gasteiger partial charge in [-0.3, -0.25) is 9.20 Å². The molecular formula is C16H12N3O3S-. The lowest BCUT2D eigenvalue weighted by Crippen LogP contribution is -2.36. The van der Waals surface area contributed by atoms with Crippen molar-refractivity contribution in [3.05, 3.63) is 57.7 Å². The third-order valence-corrected chi connectivity index (χ3v) is 5.10. The van der Waals surface area contributed by atoms with Crippen LogP contribution in [0.3, 0.4) is 0 Å². The van der Waals surface area contributed by atoms with Gasteiger partial charge in [0.2, 0.25) is 0 Å². The minimum absolute atomic E-state index is 0.0993. The number of carboxylic acid groups (broad SMARTS) is 1. The van der Waals surface area contributed by atoms with Gasteiger partial charge in [-0.15, -0.1) is 11.3 Å². The van der Waals surface area contributed by atoms with Gasteiger partial charge < -0.3 is 14.8 Å². The van der Waals surface area contributed by atoms with Gasteiger partial charge in [-0.2, -0.15) is 0 Å². The van der Waals surface area contributed by atoms with E-state index in [0.29, 0.717) is 25.2 Å². The van der Waals surface area contributed by atoms with Crippen molar-refractivity contribution in [3.8, 4) is 0 Å². The van der Waals surface area contributed by atoms with Crippen molar-refractivity contribution < 1.29 is 14.7 Å². The van der Waals surface area contributed by atoms with E-state index in [1.165, 1.54) is 11.3 Å². The lowest BCUT2D eigenvalue weighted by atomic mass is 10.0. The zero-order valence-electron chi connectivity index (χ0n) is 12.1. The van der Waals surface area contributed by atoms with E-state index >= 15 is 0 Å². The minimum atomic E-state index is -1.15. The maximum atomic E-state index is 12.8. The van der Waals surface area contributed by atoms with E-state index in [4.69, 9.17) is 0 Å². The van der Waals surface area contributed by atoms with Crippen LogP contribution in [0.1, 0.15) is 31.3 Å². The second-order valence-corrected chi connectivity index (χ2v) is 6.35. The molecule has 1 aliphatic heterocycles. The van der Waals surface area contributed by atoms with Crippen molar-refractivity contribution in [2.24, 2.45) is 0 Å². The van der Waals surface area contributed by atoms with Gasteiger partial charge in [-0.05, 0) is 24.1 Å². The number of nitrogens with zero attached hydrogens (tertiary/aromatic N) is 3. The van der Waals surface area contributed by atoms with Gasteiger partial charge in [-0.25, -0.2) is 4.98 Å². The summed E-state index contributed by atoms with van der Waals surface area (Å²) in [6.45, 7) is 0.912. The Morgan fingerprint density at radius 1 is 1.30 bits per heavy atom. The van der Waals surface area contributed by atoms with E-state index in [2.05, 4.69) is 4.98 Å². The fraction of sp³-hybridized carbons (Fsp3) is 0.188. The highest BCUT2D eigenvalue weighted by molar-refractivity contribution is 7.10. The fourth-order valence-corrected chi connectivity index (χ4v) is 4.01. The Balaban J connectivity index is 1.64. The molecule has 4 rings (SSSR count). The molecule has 0 radical (unpaired) electrons. The number of hydrogen-bond donors (Lipinski definition) is 0. The van der Waals surface area contributed by atoms with Crippen molar-refractivity contribution in [1.29, 1.82) is 0 Å². The minimum Gasteiger partial charge on any atom is -0.545 e. The second kappa shape index (κ2) is 5.20. The van der Waals surface area contributed by atoms with Crippen molar-refractivity contribution in [3.63, 3.8) is 0 Å². The molecule has 3 aromatic rings. The molecule has 23 heavy (non-hydrogen) atoms. The highest BCUT2D eigenvalue weighted by Crippen LogP contribution is 2.29. The van der Waals surface area contributed by atoms with E-state index in [1.807, 2.05) is 24.4 Å². The smallest absolute Gasteiger partial charge is 0.272 e. The van der Waals surface area contributed by atoms with E-state index in [9.17, 15) is 14.7 Å². The Labute approximate surface area is 135 Å². The summed E-state index contributed by atoms with van der Waals surface area (Å²) in [4.78, 5) is 30.7. The lowest BCUT2D eigenvalue weighted by Gasteiger charge is -2.27. The topological polar surface area (TPSA) is 77.7 Å². The summed E-state index contributed by atoms with van der Waals surface area (Å²) in [5, 5.41) is 12.7. The van der Waals surface area contributed by atoms with Gasteiger partial charge in [0, 0.05) is 28.6 Å². The van der Waals surface area contributed by atoms with Gasteiger partial charge in [0.1, 0.15) is 11.3 Å². The molecular weight excluding hydrogens is 314 g/mol. The van der Waals surface area contributed by atoms with Crippen LogP contribution in [0.25, 0.3) is 5.65 Å². The predicted molar refractivity (Wildman–Crippen MR) is 82.3 cm³/mol. The van der Waals surface area contributed by atoms with Crippen molar-refractivity contribution in [1.82, 2.24) is 14.3 Å². The molecule has 0 aliphatic carbocycles. The van der Waals surface area contributed by atoms with E-state index in [1.54, 1.807) is 20.9 Å². The molecule has 0 unspecified atom stereocenters. The molecule has 0 bridgehead atoms. The molecule has 1 aliphatic rings. The van der Waals surface area contributed by atoms with Crippen molar-refractivity contribution in [2.45, 2.75) is 13.0 Å². The van der Waals surface area contributed by atoms with Gasteiger partial charge in [0.15, 0.2) is 0 Å². The predicted octanol–water partition coefficient (Wildman–Crippen LogP) is 0.958. The first-order valence-corrected chi connectivity index (χ1v) is 8.05. The molecule has 4 heterocycles. The molecule has 1 amide bonds. The first kappa shape index (κ1) is 14.0. The number of carboxylic acids is 1. The zero-order chi connectivity index (χ0) is 16.0. The number of imidazole rings is 1. The van der Waals surface area contributed by atoms with Crippen LogP contribution in [0.15, 0.2) is 36.0 Å². The normalized spacial score (nSPS) is 14.0. The quantitative estimate of drug-likeness (QED) is 0.703. The first-order chi connectivity index (χ1) is 11.1. The van der Waals surface area contributed by atoms with E-state index < -0.39 is 5.97 Å². The maximum Gasteiger partial charge on any atom is 0.272 e. The third-order valence-electron chi connectivity index (χ3n) is 4.09. The van der Waals surface area contributed by atoms with Gasteiger partial charge >= 0.3 is 0 Å². The van der Waals surface area contributed by atoms with E-state index in [-0.39, 0.29) is 11.5 Å². The molecule has 0 spiro atoms. The number of carbonyl (C=O) groups excluding carboxylic acids is 2. The number of thiophene rings is 1. The molecule has 116 valence electrons. The van der Waals surface area contributed by atoms with E-state index in [0.717, 1.165) is 16.1 Å². The lowest BCUT2D eigenvalue weighted by molar-refractivity contribution is -0.255. The van der Waals surface area contributed by atoms with Gasteiger partial charge in [0.05, 0.1) is 18.7 Å². The fourth-order valence-electron chi connectivity index (χ4n) is 2.93. The van der Waals surface area contributed by atoms with Crippen LogP contribution in [0.2, 0.25) is 0 Å². The Kier molecular flexibility index (Phi) is 3.16. The standard InChI is InChI=1S/C16H13N3O3S/c20-15(12-7-17-14-3-1-2-5-19(12)14)18-6-4-10-11(16(21)22)9-23-13(10)8-18/h1-3,5,7,9H,4,6,8H2,(H,21,22)/p-1. The Morgan fingerprint density at radius 2 is 2.17 bits per heavy atom. The molecule has 3 aromatic heterocycles. The first-order valence-electron chi connectivity index (χ1n) is 7.17.